The first-order valence-corrected chi connectivity index (χ1v) is 10.4. The van der Waals surface area contributed by atoms with E-state index in [0.29, 0.717) is 19.0 Å². The Hall–Kier alpha value is -1.76. The number of nitrogens with zero attached hydrogens (tertiary/aromatic N) is 1. The van der Waals surface area contributed by atoms with Gasteiger partial charge in [-0.2, -0.15) is 4.31 Å². The van der Waals surface area contributed by atoms with Crippen molar-refractivity contribution in [2.24, 2.45) is 5.92 Å². The molecule has 1 unspecified atom stereocenters. The van der Waals surface area contributed by atoms with Crippen LogP contribution in [0, 0.1) is 11.7 Å². The van der Waals surface area contributed by atoms with Gasteiger partial charge in [0.1, 0.15) is 5.82 Å². The summed E-state index contributed by atoms with van der Waals surface area (Å²) >= 11 is 0. The zero-order valence-electron chi connectivity index (χ0n) is 14.5. The van der Waals surface area contributed by atoms with Crippen molar-refractivity contribution in [2.75, 3.05) is 19.7 Å². The average molecular weight is 375 g/mol. The predicted octanol–water partition coefficient (Wildman–Crippen LogP) is 3.68. The molecular weight excluding hydrogens is 353 g/mol. The summed E-state index contributed by atoms with van der Waals surface area (Å²) in [5.74, 6) is 0.389. The highest BCUT2D eigenvalue weighted by Gasteiger charge is 2.34. The van der Waals surface area contributed by atoms with Gasteiger partial charge in [0.05, 0.1) is 11.0 Å². The zero-order valence-corrected chi connectivity index (χ0v) is 15.3. The van der Waals surface area contributed by atoms with Gasteiger partial charge >= 0.3 is 0 Å². The number of ether oxygens (including phenoxy) is 1. The lowest BCUT2D eigenvalue weighted by molar-refractivity contribution is 0.0561. The topological polar surface area (TPSA) is 46.6 Å². The van der Waals surface area contributed by atoms with Gasteiger partial charge < -0.3 is 4.74 Å². The molecule has 1 saturated carbocycles. The molecule has 1 heterocycles. The van der Waals surface area contributed by atoms with Crippen molar-refractivity contribution in [1.82, 2.24) is 4.31 Å². The summed E-state index contributed by atoms with van der Waals surface area (Å²) < 4.78 is 46.1. The first kappa shape index (κ1) is 17.6. The van der Waals surface area contributed by atoms with Gasteiger partial charge in [0.2, 0.25) is 10.0 Å². The molecule has 1 aliphatic carbocycles. The van der Waals surface area contributed by atoms with E-state index in [4.69, 9.17) is 4.74 Å². The Kier molecular flexibility index (Phi) is 4.82. The van der Waals surface area contributed by atoms with Crippen molar-refractivity contribution in [3.05, 3.63) is 54.3 Å². The summed E-state index contributed by atoms with van der Waals surface area (Å²) in [5.41, 5.74) is 1.71. The Labute approximate surface area is 153 Å². The summed E-state index contributed by atoms with van der Waals surface area (Å²) in [6, 6.07) is 12.9. The van der Waals surface area contributed by atoms with Crippen molar-refractivity contribution < 1.29 is 17.5 Å². The van der Waals surface area contributed by atoms with Crippen LogP contribution in [0.2, 0.25) is 0 Å². The van der Waals surface area contributed by atoms with E-state index >= 15 is 0 Å². The number of sulfonamides is 1. The summed E-state index contributed by atoms with van der Waals surface area (Å²) in [7, 11) is -3.51. The van der Waals surface area contributed by atoms with Crippen molar-refractivity contribution in [2.45, 2.75) is 30.3 Å². The maximum Gasteiger partial charge on any atom is 0.243 e. The molecule has 2 fully saturated rings. The monoisotopic (exact) mass is 375 g/mol. The fourth-order valence-electron chi connectivity index (χ4n) is 3.22. The molecule has 26 heavy (non-hydrogen) atoms. The van der Waals surface area contributed by atoms with Crippen LogP contribution in [0.15, 0.2) is 53.4 Å². The predicted molar refractivity (Wildman–Crippen MR) is 97.7 cm³/mol. The Bertz CT molecular complexity index is 861. The van der Waals surface area contributed by atoms with Crippen molar-refractivity contribution in [1.29, 1.82) is 0 Å². The second-order valence-corrected chi connectivity index (χ2v) is 9.02. The van der Waals surface area contributed by atoms with E-state index in [1.54, 1.807) is 36.4 Å². The van der Waals surface area contributed by atoms with E-state index in [2.05, 4.69) is 0 Å². The molecule has 0 aromatic heterocycles. The van der Waals surface area contributed by atoms with E-state index in [-0.39, 0.29) is 16.8 Å². The number of hydrogen-bond acceptors (Lipinski definition) is 3. The summed E-state index contributed by atoms with van der Waals surface area (Å²) in [5, 5.41) is 0. The molecule has 0 N–H and O–H groups in total. The number of benzene rings is 2. The molecule has 1 saturated heterocycles. The Morgan fingerprint density at radius 3 is 2.19 bits per heavy atom. The molecule has 4 rings (SSSR count). The van der Waals surface area contributed by atoms with Crippen LogP contribution in [0.25, 0.3) is 11.1 Å². The van der Waals surface area contributed by atoms with Crippen molar-refractivity contribution in [3.8, 4) is 11.1 Å². The molecule has 138 valence electrons. The highest BCUT2D eigenvalue weighted by molar-refractivity contribution is 7.89. The van der Waals surface area contributed by atoms with Crippen molar-refractivity contribution >= 4 is 10.0 Å². The third kappa shape index (κ3) is 3.82. The third-order valence-electron chi connectivity index (χ3n) is 5.04. The van der Waals surface area contributed by atoms with E-state index in [9.17, 15) is 12.8 Å². The largest absolute Gasteiger partial charge is 0.377 e. The molecular formula is C20H22FNO3S. The number of halogens is 1. The molecule has 1 atom stereocenters. The lowest BCUT2D eigenvalue weighted by atomic mass is 10.1. The van der Waals surface area contributed by atoms with Crippen LogP contribution >= 0.6 is 0 Å². The maximum absolute atomic E-state index is 13.0. The number of rotatable bonds is 6. The molecule has 2 aromatic carbocycles. The van der Waals surface area contributed by atoms with Crippen LogP contribution in [0.5, 0.6) is 0 Å². The Morgan fingerprint density at radius 2 is 1.58 bits per heavy atom. The summed E-state index contributed by atoms with van der Waals surface area (Å²) in [4.78, 5) is 0.284. The van der Waals surface area contributed by atoms with Gasteiger partial charge in [-0.15, -0.1) is 0 Å². The normalized spacial score (nSPS) is 21.2. The average Bonchev–Trinajstić information content (AvgIpc) is 3.36. The lowest BCUT2D eigenvalue weighted by Crippen LogP contribution is -2.30. The van der Waals surface area contributed by atoms with Gasteiger partial charge in [0, 0.05) is 19.7 Å². The van der Waals surface area contributed by atoms with Crippen LogP contribution < -0.4 is 0 Å². The molecule has 0 spiro atoms. The van der Waals surface area contributed by atoms with Gasteiger partial charge in [-0.25, -0.2) is 12.8 Å². The first-order chi connectivity index (χ1) is 12.5. The van der Waals surface area contributed by atoms with Crippen LogP contribution in [0.3, 0.4) is 0 Å². The van der Waals surface area contributed by atoms with Gasteiger partial charge in [-0.05, 0) is 60.6 Å². The zero-order chi connectivity index (χ0) is 18.1. The van der Waals surface area contributed by atoms with Gasteiger partial charge in [0.15, 0.2) is 0 Å². The third-order valence-corrected chi connectivity index (χ3v) is 6.92. The van der Waals surface area contributed by atoms with E-state index < -0.39 is 10.0 Å². The maximum atomic E-state index is 13.0. The molecule has 2 aliphatic rings. The summed E-state index contributed by atoms with van der Waals surface area (Å²) in [6.07, 6.45) is 3.22. The quantitative estimate of drug-likeness (QED) is 0.774. The van der Waals surface area contributed by atoms with Crippen LogP contribution in [-0.2, 0) is 14.8 Å². The molecule has 6 heteroatoms. The minimum Gasteiger partial charge on any atom is -0.377 e. The minimum absolute atomic E-state index is 0.00358. The Morgan fingerprint density at radius 1 is 0.962 bits per heavy atom. The summed E-state index contributed by atoms with van der Waals surface area (Å²) in [6.45, 7) is 1.68. The fraction of sp³-hybridized carbons (Fsp3) is 0.400. The molecule has 0 bridgehead atoms. The van der Waals surface area contributed by atoms with Gasteiger partial charge in [0.25, 0.3) is 0 Å². The number of hydrogen-bond donors (Lipinski definition) is 0. The van der Waals surface area contributed by atoms with Crippen LogP contribution in [-0.4, -0.2) is 38.5 Å². The fourth-order valence-corrected chi connectivity index (χ4v) is 4.71. The van der Waals surface area contributed by atoms with Crippen molar-refractivity contribution in [3.63, 3.8) is 0 Å². The highest BCUT2D eigenvalue weighted by atomic mass is 32.2. The van der Waals surface area contributed by atoms with Gasteiger partial charge in [-0.1, -0.05) is 24.3 Å². The van der Waals surface area contributed by atoms with E-state index in [0.717, 1.165) is 24.2 Å². The minimum atomic E-state index is -3.51. The molecule has 4 nitrogen and oxygen atoms in total. The standard InChI is InChI=1S/C20H22FNO3S/c21-18-7-3-16(4-8-18)17-5-9-20(10-6-17)26(23,24)22-12-11-19(13-22)25-14-15-1-2-15/h3-10,15,19H,1-2,11-14H2. The lowest BCUT2D eigenvalue weighted by Gasteiger charge is -2.17. The van der Waals surface area contributed by atoms with Crippen LogP contribution in [0.1, 0.15) is 19.3 Å². The molecule has 0 radical (unpaired) electrons. The molecule has 0 amide bonds. The molecule has 2 aromatic rings. The first-order valence-electron chi connectivity index (χ1n) is 9.00. The second kappa shape index (κ2) is 7.10. The second-order valence-electron chi connectivity index (χ2n) is 7.08. The van der Waals surface area contributed by atoms with Gasteiger partial charge in [-0.3, -0.25) is 0 Å². The SMILES string of the molecule is O=S(=O)(c1ccc(-c2ccc(F)cc2)cc1)N1CCC(OCC2CC2)C1. The van der Waals surface area contributed by atoms with E-state index in [1.807, 2.05) is 0 Å². The van der Waals surface area contributed by atoms with Crippen LogP contribution in [0.4, 0.5) is 4.39 Å². The van der Waals surface area contributed by atoms with E-state index in [1.165, 1.54) is 29.3 Å². The Balaban J connectivity index is 1.44. The highest BCUT2D eigenvalue weighted by Crippen LogP contribution is 2.31. The smallest absolute Gasteiger partial charge is 0.243 e. The molecule has 1 aliphatic heterocycles.